The quantitative estimate of drug-likeness (QED) is 0.840. The molecule has 3 nitrogen and oxygen atoms in total. The summed E-state index contributed by atoms with van der Waals surface area (Å²) in [5.41, 5.74) is 9.87. The summed E-state index contributed by atoms with van der Waals surface area (Å²) in [5, 5.41) is 3.37. The number of nitrogen functional groups attached to an aromatic ring is 1. The smallest absolute Gasteiger partial charge is 0.167 e. The monoisotopic (exact) mass is 272 g/mol. The van der Waals surface area contributed by atoms with Crippen molar-refractivity contribution in [2.45, 2.75) is 18.9 Å². The molecule has 2 aromatic rings. The number of hydrogen-bond acceptors (Lipinski definition) is 3. The molecule has 0 radical (unpaired) electrons. The Balaban J connectivity index is 1.82. The number of rotatable bonds is 3. The van der Waals surface area contributed by atoms with E-state index in [9.17, 15) is 4.39 Å². The number of anilines is 2. The van der Waals surface area contributed by atoms with Gasteiger partial charge in [-0.05, 0) is 48.2 Å². The lowest BCUT2D eigenvalue weighted by molar-refractivity contribution is 0.386. The topological polar surface area (TPSA) is 47.3 Å². The van der Waals surface area contributed by atoms with Gasteiger partial charge in [-0.25, -0.2) is 4.39 Å². The van der Waals surface area contributed by atoms with Gasteiger partial charge in [0.2, 0.25) is 0 Å². The first-order valence-electron chi connectivity index (χ1n) is 6.66. The first kappa shape index (κ1) is 12.8. The zero-order valence-electron chi connectivity index (χ0n) is 11.3. The van der Waals surface area contributed by atoms with Gasteiger partial charge in [0.05, 0.1) is 13.2 Å². The fourth-order valence-corrected chi connectivity index (χ4v) is 2.74. The average molecular weight is 272 g/mol. The summed E-state index contributed by atoms with van der Waals surface area (Å²) in [5.74, 6) is -0.0943. The Labute approximate surface area is 117 Å². The Morgan fingerprint density at radius 1 is 1.25 bits per heavy atom. The van der Waals surface area contributed by atoms with E-state index in [4.69, 9.17) is 10.5 Å². The molecule has 3 rings (SSSR count). The first-order valence-corrected chi connectivity index (χ1v) is 6.66. The van der Waals surface area contributed by atoms with Crippen molar-refractivity contribution >= 4 is 11.4 Å². The summed E-state index contributed by atoms with van der Waals surface area (Å²) >= 11 is 0. The van der Waals surface area contributed by atoms with Gasteiger partial charge in [-0.2, -0.15) is 0 Å². The molecule has 0 bridgehead atoms. The molecule has 0 saturated heterocycles. The average Bonchev–Trinajstić information content (AvgIpc) is 2.81. The highest BCUT2D eigenvalue weighted by molar-refractivity contribution is 5.53. The van der Waals surface area contributed by atoms with Crippen LogP contribution in [0.1, 0.15) is 23.6 Å². The third kappa shape index (κ3) is 2.29. The van der Waals surface area contributed by atoms with Crippen LogP contribution in [-0.4, -0.2) is 7.11 Å². The zero-order valence-corrected chi connectivity index (χ0v) is 11.3. The van der Waals surface area contributed by atoms with Crippen LogP contribution in [0.25, 0.3) is 0 Å². The van der Waals surface area contributed by atoms with Crippen molar-refractivity contribution in [1.29, 1.82) is 0 Å². The van der Waals surface area contributed by atoms with Crippen LogP contribution in [0.15, 0.2) is 36.4 Å². The van der Waals surface area contributed by atoms with E-state index >= 15 is 0 Å². The lowest BCUT2D eigenvalue weighted by Gasteiger charge is -2.16. The fraction of sp³-hybridized carbons (Fsp3) is 0.250. The summed E-state index contributed by atoms with van der Waals surface area (Å²) < 4.78 is 18.6. The Kier molecular flexibility index (Phi) is 3.22. The van der Waals surface area contributed by atoms with Crippen molar-refractivity contribution < 1.29 is 9.13 Å². The van der Waals surface area contributed by atoms with Crippen molar-refractivity contribution in [2.24, 2.45) is 0 Å². The molecule has 4 heteroatoms. The maximum Gasteiger partial charge on any atom is 0.167 e. The molecule has 1 atom stereocenters. The maximum atomic E-state index is 13.7. The third-order valence-corrected chi connectivity index (χ3v) is 3.74. The lowest BCUT2D eigenvalue weighted by Crippen LogP contribution is -2.07. The molecule has 1 unspecified atom stereocenters. The molecule has 1 aliphatic rings. The Hall–Kier alpha value is -2.23. The minimum Gasteiger partial charge on any atom is -0.494 e. The van der Waals surface area contributed by atoms with E-state index in [1.807, 2.05) is 18.2 Å². The highest BCUT2D eigenvalue weighted by Gasteiger charge is 2.22. The molecule has 3 N–H and O–H groups in total. The van der Waals surface area contributed by atoms with Crippen LogP contribution < -0.4 is 15.8 Å². The van der Waals surface area contributed by atoms with Crippen molar-refractivity contribution in [3.63, 3.8) is 0 Å². The van der Waals surface area contributed by atoms with Crippen LogP contribution in [0.5, 0.6) is 5.75 Å². The minimum atomic E-state index is -0.354. The first-order chi connectivity index (χ1) is 9.67. The van der Waals surface area contributed by atoms with E-state index in [2.05, 4.69) is 11.4 Å². The van der Waals surface area contributed by atoms with Gasteiger partial charge in [0.15, 0.2) is 11.6 Å². The number of aryl methyl sites for hydroxylation is 1. The Morgan fingerprint density at radius 3 is 2.85 bits per heavy atom. The molecular weight excluding hydrogens is 255 g/mol. The SMILES string of the molecule is COc1ccc(NC2CCc3cc(N)ccc32)cc1F. The van der Waals surface area contributed by atoms with E-state index in [0.717, 1.165) is 24.2 Å². The number of methoxy groups -OCH3 is 1. The summed E-state index contributed by atoms with van der Waals surface area (Å²) in [6, 6.07) is 11.1. The molecule has 0 amide bonds. The normalized spacial score (nSPS) is 16.8. The summed E-state index contributed by atoms with van der Waals surface area (Å²) in [4.78, 5) is 0. The van der Waals surface area contributed by atoms with Crippen molar-refractivity contribution in [3.05, 3.63) is 53.3 Å². The van der Waals surface area contributed by atoms with Crippen LogP contribution in [0.3, 0.4) is 0 Å². The molecule has 2 aromatic carbocycles. The Morgan fingerprint density at radius 2 is 2.10 bits per heavy atom. The number of fused-ring (bicyclic) bond motifs is 1. The van der Waals surface area contributed by atoms with Crippen molar-refractivity contribution in [2.75, 3.05) is 18.2 Å². The molecule has 0 aliphatic heterocycles. The molecule has 20 heavy (non-hydrogen) atoms. The number of nitrogens with one attached hydrogen (secondary N) is 1. The number of halogens is 1. The Bertz CT molecular complexity index is 642. The summed E-state index contributed by atoms with van der Waals surface area (Å²) in [7, 11) is 1.46. The molecule has 0 fully saturated rings. The van der Waals surface area contributed by atoms with Gasteiger partial charge < -0.3 is 15.8 Å². The van der Waals surface area contributed by atoms with Crippen LogP contribution >= 0.6 is 0 Å². The van der Waals surface area contributed by atoms with Crippen LogP contribution in [-0.2, 0) is 6.42 Å². The molecule has 0 aromatic heterocycles. The second-order valence-electron chi connectivity index (χ2n) is 5.04. The molecule has 0 spiro atoms. The van der Waals surface area contributed by atoms with Gasteiger partial charge in [-0.3, -0.25) is 0 Å². The van der Waals surface area contributed by atoms with E-state index in [1.54, 1.807) is 6.07 Å². The number of ether oxygens (including phenoxy) is 1. The van der Waals surface area contributed by atoms with Gasteiger partial charge in [0.25, 0.3) is 0 Å². The van der Waals surface area contributed by atoms with Crippen LogP contribution in [0.4, 0.5) is 15.8 Å². The van der Waals surface area contributed by atoms with Gasteiger partial charge in [-0.1, -0.05) is 6.07 Å². The molecule has 0 saturated carbocycles. The van der Waals surface area contributed by atoms with Crippen LogP contribution in [0, 0.1) is 5.82 Å². The van der Waals surface area contributed by atoms with Crippen LogP contribution in [0.2, 0.25) is 0 Å². The molecule has 1 aliphatic carbocycles. The number of benzene rings is 2. The van der Waals surface area contributed by atoms with E-state index in [1.165, 1.54) is 24.3 Å². The lowest BCUT2D eigenvalue weighted by atomic mass is 10.1. The molecule has 0 heterocycles. The van der Waals surface area contributed by atoms with Crippen molar-refractivity contribution in [3.8, 4) is 5.75 Å². The second-order valence-corrected chi connectivity index (χ2v) is 5.04. The van der Waals surface area contributed by atoms with Gasteiger partial charge in [0, 0.05) is 17.4 Å². The summed E-state index contributed by atoms with van der Waals surface area (Å²) in [6.45, 7) is 0. The number of hydrogen-bond donors (Lipinski definition) is 2. The standard InChI is InChI=1S/C16H17FN2O/c1-20-16-7-4-12(9-14(16)17)19-15-6-2-10-8-11(18)3-5-13(10)15/h3-5,7-9,15,19H,2,6,18H2,1H3. The highest BCUT2D eigenvalue weighted by atomic mass is 19.1. The second kappa shape index (κ2) is 5.04. The van der Waals surface area contributed by atoms with Gasteiger partial charge in [0.1, 0.15) is 0 Å². The molecule has 104 valence electrons. The number of nitrogens with two attached hydrogens (primary N) is 1. The van der Waals surface area contributed by atoms with Gasteiger partial charge >= 0.3 is 0 Å². The maximum absolute atomic E-state index is 13.7. The highest BCUT2D eigenvalue weighted by Crippen LogP contribution is 2.35. The minimum absolute atomic E-state index is 0.207. The van der Waals surface area contributed by atoms with E-state index in [-0.39, 0.29) is 17.6 Å². The van der Waals surface area contributed by atoms with Crippen molar-refractivity contribution in [1.82, 2.24) is 0 Å². The third-order valence-electron chi connectivity index (χ3n) is 3.74. The molecular formula is C16H17FN2O. The van der Waals surface area contributed by atoms with E-state index in [0.29, 0.717) is 0 Å². The van der Waals surface area contributed by atoms with E-state index < -0.39 is 0 Å². The fourth-order valence-electron chi connectivity index (χ4n) is 2.74. The summed E-state index contributed by atoms with van der Waals surface area (Å²) in [6.07, 6.45) is 1.99. The largest absolute Gasteiger partial charge is 0.494 e. The predicted octanol–water partition coefficient (Wildman–Crippen LogP) is 3.52. The zero-order chi connectivity index (χ0) is 14.1. The van der Waals surface area contributed by atoms with Gasteiger partial charge in [-0.15, -0.1) is 0 Å². The predicted molar refractivity (Wildman–Crippen MR) is 78.5 cm³/mol.